The zero-order valence-electron chi connectivity index (χ0n) is 17.9. The van der Waals surface area contributed by atoms with Crippen LogP contribution in [0.15, 0.2) is 91.3 Å². The summed E-state index contributed by atoms with van der Waals surface area (Å²) in [6, 6.07) is 20.4. The predicted molar refractivity (Wildman–Crippen MR) is 126 cm³/mol. The molecule has 0 bridgehead atoms. The maximum absolute atomic E-state index is 12.5. The average molecular weight is 444 g/mol. The maximum Gasteiger partial charge on any atom is 0.251 e. The van der Waals surface area contributed by atoms with Crippen molar-refractivity contribution in [1.29, 1.82) is 0 Å². The highest BCUT2D eigenvalue weighted by atomic mass is 16.5. The number of hydrogen-bond donors (Lipinski definition) is 3. The van der Waals surface area contributed by atoms with E-state index >= 15 is 0 Å². The van der Waals surface area contributed by atoms with E-state index in [4.69, 9.17) is 4.74 Å². The summed E-state index contributed by atoms with van der Waals surface area (Å²) in [5.74, 6) is -0.489. The number of carbonyl (C=O) groups excluding carboxylic acids is 2. The van der Waals surface area contributed by atoms with Crippen molar-refractivity contribution >= 4 is 17.5 Å². The van der Waals surface area contributed by atoms with Gasteiger partial charge in [-0.05, 0) is 35.4 Å². The lowest BCUT2D eigenvalue weighted by molar-refractivity contribution is -0.120. The third-order valence-electron chi connectivity index (χ3n) is 5.37. The lowest BCUT2D eigenvalue weighted by Crippen LogP contribution is -2.48. The normalized spacial score (nSPS) is 19.6. The molecule has 0 spiro atoms. The molecule has 3 atom stereocenters. The molecular formula is C26H25N3O4. The standard InChI is InChI=1S/C26H25N3O4/c30-17-24-23(29-26(32)20-12-14-27-15-13-20)11-10-22(33-24)16-25(31)28-21-8-6-19(7-9-21)18-4-2-1-3-5-18/h1-15,22-24,30H,16-17H2,(H,28,31)(H,29,32)/t22-,23-,24+/m0/s1. The molecule has 1 aromatic heterocycles. The van der Waals surface area contributed by atoms with Gasteiger partial charge in [-0.3, -0.25) is 14.6 Å². The van der Waals surface area contributed by atoms with Crippen LogP contribution < -0.4 is 10.6 Å². The minimum Gasteiger partial charge on any atom is -0.394 e. The van der Waals surface area contributed by atoms with E-state index in [-0.39, 0.29) is 24.8 Å². The van der Waals surface area contributed by atoms with Crippen LogP contribution in [0.5, 0.6) is 0 Å². The molecule has 7 nitrogen and oxygen atoms in total. The summed E-state index contributed by atoms with van der Waals surface area (Å²) in [5.41, 5.74) is 3.34. The summed E-state index contributed by atoms with van der Waals surface area (Å²) in [4.78, 5) is 28.8. The molecule has 3 aromatic rings. The van der Waals surface area contributed by atoms with Crippen molar-refractivity contribution in [1.82, 2.24) is 10.3 Å². The number of aromatic nitrogens is 1. The minimum absolute atomic E-state index is 0.0957. The number of aliphatic hydroxyl groups is 1. The van der Waals surface area contributed by atoms with Crippen LogP contribution in [-0.4, -0.2) is 46.8 Å². The van der Waals surface area contributed by atoms with E-state index < -0.39 is 18.2 Å². The fraction of sp³-hybridized carbons (Fsp3) is 0.192. The zero-order chi connectivity index (χ0) is 23.0. The summed E-state index contributed by atoms with van der Waals surface area (Å²) >= 11 is 0. The van der Waals surface area contributed by atoms with Crippen LogP contribution >= 0.6 is 0 Å². The Morgan fingerprint density at radius 3 is 2.30 bits per heavy atom. The number of nitrogens with zero attached hydrogens (tertiary/aromatic N) is 1. The van der Waals surface area contributed by atoms with Crippen molar-refractivity contribution in [2.45, 2.75) is 24.7 Å². The molecule has 168 valence electrons. The van der Waals surface area contributed by atoms with Crippen LogP contribution in [0, 0.1) is 0 Å². The molecule has 7 heteroatoms. The van der Waals surface area contributed by atoms with Crippen molar-refractivity contribution in [2.24, 2.45) is 0 Å². The fourth-order valence-electron chi connectivity index (χ4n) is 3.65. The second-order valence-corrected chi connectivity index (χ2v) is 7.71. The Labute approximate surface area is 192 Å². The van der Waals surface area contributed by atoms with E-state index in [0.717, 1.165) is 11.1 Å². The highest BCUT2D eigenvalue weighted by Crippen LogP contribution is 2.22. The summed E-state index contributed by atoms with van der Waals surface area (Å²) in [5, 5.41) is 15.4. The molecule has 4 rings (SSSR count). The predicted octanol–water partition coefficient (Wildman–Crippen LogP) is 3.19. The minimum atomic E-state index is -0.649. The van der Waals surface area contributed by atoms with E-state index in [1.807, 2.05) is 54.6 Å². The highest BCUT2D eigenvalue weighted by molar-refractivity contribution is 5.94. The van der Waals surface area contributed by atoms with E-state index in [9.17, 15) is 14.7 Å². The van der Waals surface area contributed by atoms with Gasteiger partial charge in [0, 0.05) is 23.6 Å². The molecule has 33 heavy (non-hydrogen) atoms. The lowest BCUT2D eigenvalue weighted by Gasteiger charge is -2.31. The molecule has 0 saturated carbocycles. The first kappa shape index (κ1) is 22.4. The zero-order valence-corrected chi connectivity index (χ0v) is 17.9. The number of ether oxygens (including phenoxy) is 1. The Morgan fingerprint density at radius 2 is 1.61 bits per heavy atom. The van der Waals surface area contributed by atoms with Crippen LogP contribution in [0.2, 0.25) is 0 Å². The fourth-order valence-corrected chi connectivity index (χ4v) is 3.65. The van der Waals surface area contributed by atoms with Gasteiger partial charge in [-0.25, -0.2) is 0 Å². The van der Waals surface area contributed by atoms with E-state index in [0.29, 0.717) is 11.3 Å². The average Bonchev–Trinajstić information content (AvgIpc) is 2.86. The first-order valence-electron chi connectivity index (χ1n) is 10.7. The number of aliphatic hydroxyl groups excluding tert-OH is 1. The van der Waals surface area contributed by atoms with Gasteiger partial charge in [-0.15, -0.1) is 0 Å². The number of nitrogens with one attached hydrogen (secondary N) is 2. The third kappa shape index (κ3) is 5.91. The van der Waals surface area contributed by atoms with Gasteiger partial charge in [-0.2, -0.15) is 0 Å². The van der Waals surface area contributed by atoms with E-state index in [2.05, 4.69) is 15.6 Å². The smallest absolute Gasteiger partial charge is 0.251 e. The first-order valence-corrected chi connectivity index (χ1v) is 10.7. The maximum atomic E-state index is 12.5. The van der Waals surface area contributed by atoms with Crippen LogP contribution in [0.1, 0.15) is 16.8 Å². The molecule has 0 saturated heterocycles. The van der Waals surface area contributed by atoms with Gasteiger partial charge in [0.25, 0.3) is 5.91 Å². The molecule has 1 aliphatic heterocycles. The van der Waals surface area contributed by atoms with Gasteiger partial charge >= 0.3 is 0 Å². The van der Waals surface area contributed by atoms with Gasteiger partial charge in [0.05, 0.1) is 25.2 Å². The molecular weight excluding hydrogens is 418 g/mol. The molecule has 0 unspecified atom stereocenters. The summed E-state index contributed by atoms with van der Waals surface area (Å²) in [7, 11) is 0. The molecule has 1 aliphatic rings. The van der Waals surface area contributed by atoms with Gasteiger partial charge in [0.2, 0.25) is 5.91 Å². The summed E-state index contributed by atoms with van der Waals surface area (Å²) < 4.78 is 5.85. The van der Waals surface area contributed by atoms with E-state index in [1.165, 1.54) is 12.4 Å². The van der Waals surface area contributed by atoms with Crippen LogP contribution in [0.4, 0.5) is 5.69 Å². The molecule has 3 N–H and O–H groups in total. The second-order valence-electron chi connectivity index (χ2n) is 7.71. The molecule has 0 fully saturated rings. The monoisotopic (exact) mass is 443 g/mol. The van der Waals surface area contributed by atoms with Gasteiger partial charge in [0.1, 0.15) is 6.10 Å². The van der Waals surface area contributed by atoms with Gasteiger partial charge in [-0.1, -0.05) is 54.6 Å². The van der Waals surface area contributed by atoms with Crippen LogP contribution in [0.25, 0.3) is 11.1 Å². The van der Waals surface area contributed by atoms with Crippen LogP contribution in [-0.2, 0) is 9.53 Å². The second kappa shape index (κ2) is 10.7. The Hall–Kier alpha value is -3.81. The van der Waals surface area contributed by atoms with Crippen molar-refractivity contribution < 1.29 is 19.4 Å². The number of rotatable bonds is 7. The summed E-state index contributed by atoms with van der Waals surface area (Å²) in [6.07, 6.45) is 5.52. The Bertz CT molecular complexity index is 1100. The third-order valence-corrected chi connectivity index (χ3v) is 5.37. The number of carbonyl (C=O) groups is 2. The largest absolute Gasteiger partial charge is 0.394 e. The first-order chi connectivity index (χ1) is 16.1. The number of pyridine rings is 1. The van der Waals surface area contributed by atoms with Crippen molar-refractivity contribution in [2.75, 3.05) is 11.9 Å². The molecule has 2 heterocycles. The lowest BCUT2D eigenvalue weighted by atomic mass is 10.0. The van der Waals surface area contributed by atoms with Crippen molar-refractivity contribution in [3.05, 3.63) is 96.8 Å². The Morgan fingerprint density at radius 1 is 0.909 bits per heavy atom. The number of benzene rings is 2. The Balaban J connectivity index is 1.32. The number of anilines is 1. The van der Waals surface area contributed by atoms with Gasteiger partial charge < -0.3 is 20.5 Å². The highest BCUT2D eigenvalue weighted by Gasteiger charge is 2.29. The number of amides is 2. The van der Waals surface area contributed by atoms with Gasteiger partial charge in [0.15, 0.2) is 0 Å². The SMILES string of the molecule is O=C(C[C@@H]1C=C[C@H](NC(=O)c2ccncc2)[C@@H](CO)O1)Nc1ccc(-c2ccccc2)cc1. The van der Waals surface area contributed by atoms with Crippen LogP contribution in [0.3, 0.4) is 0 Å². The van der Waals surface area contributed by atoms with Crippen molar-refractivity contribution in [3.8, 4) is 11.1 Å². The molecule has 0 radical (unpaired) electrons. The number of hydrogen-bond acceptors (Lipinski definition) is 5. The molecule has 2 aromatic carbocycles. The van der Waals surface area contributed by atoms with E-state index in [1.54, 1.807) is 24.3 Å². The Kier molecular flexibility index (Phi) is 7.24. The summed E-state index contributed by atoms with van der Waals surface area (Å²) in [6.45, 7) is -0.287. The molecule has 0 aliphatic carbocycles. The topological polar surface area (TPSA) is 101 Å². The quantitative estimate of drug-likeness (QED) is 0.487. The molecule has 2 amide bonds. The van der Waals surface area contributed by atoms with Crippen molar-refractivity contribution in [3.63, 3.8) is 0 Å².